The van der Waals surface area contributed by atoms with Crippen molar-refractivity contribution >= 4 is 5.78 Å². The summed E-state index contributed by atoms with van der Waals surface area (Å²) in [5, 5.41) is 30.4. The van der Waals surface area contributed by atoms with Gasteiger partial charge in [0.1, 0.15) is 11.4 Å². The average molecular weight is 358 g/mol. The molecule has 0 aliphatic carbocycles. The number of ketones is 1. The first-order valence-electron chi connectivity index (χ1n) is 8.48. The third-order valence-electron chi connectivity index (χ3n) is 3.85. The molecular weight excluding hydrogens is 332 g/mol. The highest BCUT2D eigenvalue weighted by atomic mass is 16.5. The van der Waals surface area contributed by atoms with Gasteiger partial charge < -0.3 is 20.1 Å². The molecule has 3 N–H and O–H groups in total. The summed E-state index contributed by atoms with van der Waals surface area (Å²) in [6, 6.07) is 8.87. The molecule has 0 saturated carbocycles. The quantitative estimate of drug-likeness (QED) is 0.536. The average Bonchev–Trinajstić information content (AvgIpc) is 2.49. The lowest BCUT2D eigenvalue weighted by molar-refractivity contribution is 0.0590. The molecule has 0 amide bonds. The van der Waals surface area contributed by atoms with Crippen LogP contribution in [0.4, 0.5) is 0 Å². The Labute approximate surface area is 153 Å². The number of ether oxygens (including phenoxy) is 1. The standard InChI is InChI=1S/C21H26O5/c1-20(2,3)12-21(4,5)26-16-11-10-14(18(24)19(16)25)17(23)13-8-6-7-9-15(13)22/h6-11,22,24-25H,12H2,1-5H3. The summed E-state index contributed by atoms with van der Waals surface area (Å²) in [6.07, 6.45) is 0.721. The molecule has 26 heavy (non-hydrogen) atoms. The molecular formula is C21H26O5. The van der Waals surface area contributed by atoms with Crippen molar-refractivity contribution in [2.24, 2.45) is 5.41 Å². The van der Waals surface area contributed by atoms with Crippen molar-refractivity contribution in [3.05, 3.63) is 47.5 Å². The van der Waals surface area contributed by atoms with Gasteiger partial charge >= 0.3 is 0 Å². The molecule has 2 aromatic rings. The van der Waals surface area contributed by atoms with E-state index in [0.717, 1.165) is 6.42 Å². The van der Waals surface area contributed by atoms with E-state index in [9.17, 15) is 20.1 Å². The minimum absolute atomic E-state index is 0.0158. The van der Waals surface area contributed by atoms with Gasteiger partial charge in [0.25, 0.3) is 0 Å². The number of benzene rings is 2. The number of aromatic hydroxyl groups is 3. The van der Waals surface area contributed by atoms with E-state index >= 15 is 0 Å². The smallest absolute Gasteiger partial charge is 0.201 e. The Hall–Kier alpha value is -2.69. The summed E-state index contributed by atoms with van der Waals surface area (Å²) in [6.45, 7) is 10.1. The molecule has 0 aliphatic heterocycles. The molecule has 0 bridgehead atoms. The van der Waals surface area contributed by atoms with Crippen molar-refractivity contribution < 1.29 is 24.9 Å². The molecule has 140 valence electrons. The molecule has 2 rings (SSSR count). The van der Waals surface area contributed by atoms with Gasteiger partial charge in [-0.3, -0.25) is 4.79 Å². The van der Waals surface area contributed by atoms with E-state index in [2.05, 4.69) is 20.8 Å². The second-order valence-corrected chi connectivity index (χ2v) is 8.25. The highest BCUT2D eigenvalue weighted by Gasteiger charge is 2.29. The van der Waals surface area contributed by atoms with Gasteiger partial charge in [0, 0.05) is 0 Å². The molecule has 0 aromatic heterocycles. The molecule has 5 heteroatoms. The Morgan fingerprint density at radius 1 is 0.885 bits per heavy atom. The zero-order valence-electron chi connectivity index (χ0n) is 15.8. The van der Waals surface area contributed by atoms with Crippen LogP contribution in [0.2, 0.25) is 0 Å². The van der Waals surface area contributed by atoms with E-state index in [1.807, 2.05) is 13.8 Å². The second-order valence-electron chi connectivity index (χ2n) is 8.25. The number of carbonyl (C=O) groups excluding carboxylic acids is 1. The predicted molar refractivity (Wildman–Crippen MR) is 100 cm³/mol. The lowest BCUT2D eigenvalue weighted by Gasteiger charge is -2.33. The first-order chi connectivity index (χ1) is 11.9. The predicted octanol–water partition coefficient (Wildman–Crippen LogP) is 4.63. The van der Waals surface area contributed by atoms with E-state index in [1.165, 1.54) is 24.3 Å². The van der Waals surface area contributed by atoms with Gasteiger partial charge in [-0.25, -0.2) is 0 Å². The monoisotopic (exact) mass is 358 g/mol. The second kappa shape index (κ2) is 6.90. The van der Waals surface area contributed by atoms with E-state index in [1.54, 1.807) is 12.1 Å². The van der Waals surface area contributed by atoms with Crippen LogP contribution in [0.3, 0.4) is 0 Å². The Kier molecular flexibility index (Phi) is 5.21. The van der Waals surface area contributed by atoms with Gasteiger partial charge in [-0.2, -0.15) is 0 Å². The first kappa shape index (κ1) is 19.6. The van der Waals surface area contributed by atoms with Crippen LogP contribution in [0.25, 0.3) is 0 Å². The summed E-state index contributed by atoms with van der Waals surface area (Å²) in [7, 11) is 0. The van der Waals surface area contributed by atoms with Crippen LogP contribution in [0, 0.1) is 5.41 Å². The number of phenols is 3. The molecule has 0 saturated heterocycles. The largest absolute Gasteiger partial charge is 0.507 e. The molecule has 2 aromatic carbocycles. The molecule has 0 atom stereocenters. The maximum atomic E-state index is 12.6. The lowest BCUT2D eigenvalue weighted by Crippen LogP contribution is -2.33. The zero-order chi connectivity index (χ0) is 19.7. The summed E-state index contributed by atoms with van der Waals surface area (Å²) in [5.41, 5.74) is -0.623. The van der Waals surface area contributed by atoms with Gasteiger partial charge in [-0.1, -0.05) is 32.9 Å². The topological polar surface area (TPSA) is 87.0 Å². The molecule has 5 nitrogen and oxygen atoms in total. The molecule has 0 fully saturated rings. The Morgan fingerprint density at radius 2 is 1.50 bits per heavy atom. The molecule has 0 heterocycles. The van der Waals surface area contributed by atoms with Gasteiger partial charge in [-0.15, -0.1) is 0 Å². The highest BCUT2D eigenvalue weighted by molar-refractivity contribution is 6.12. The normalized spacial score (nSPS) is 12.0. The van der Waals surface area contributed by atoms with Crippen molar-refractivity contribution in [1.29, 1.82) is 0 Å². The van der Waals surface area contributed by atoms with E-state index in [-0.39, 0.29) is 28.0 Å². The maximum Gasteiger partial charge on any atom is 0.201 e. The summed E-state index contributed by atoms with van der Waals surface area (Å²) in [5.74, 6) is -1.74. The van der Waals surface area contributed by atoms with Gasteiger partial charge in [0.15, 0.2) is 11.5 Å². The van der Waals surface area contributed by atoms with Crippen molar-refractivity contribution in [2.75, 3.05) is 0 Å². The third kappa shape index (κ3) is 4.48. The lowest BCUT2D eigenvalue weighted by atomic mass is 9.83. The van der Waals surface area contributed by atoms with Crippen LogP contribution in [-0.4, -0.2) is 26.7 Å². The minimum atomic E-state index is -0.587. The van der Waals surface area contributed by atoms with Crippen LogP contribution >= 0.6 is 0 Å². The van der Waals surface area contributed by atoms with E-state index in [0.29, 0.717) is 0 Å². The fourth-order valence-corrected chi connectivity index (χ4v) is 3.25. The van der Waals surface area contributed by atoms with Crippen LogP contribution in [-0.2, 0) is 0 Å². The van der Waals surface area contributed by atoms with Crippen molar-refractivity contribution in [3.63, 3.8) is 0 Å². The van der Waals surface area contributed by atoms with Gasteiger partial charge in [-0.05, 0) is 49.9 Å². The maximum absolute atomic E-state index is 12.6. The summed E-state index contributed by atoms with van der Waals surface area (Å²) >= 11 is 0. The van der Waals surface area contributed by atoms with Crippen LogP contribution in [0.1, 0.15) is 57.0 Å². The van der Waals surface area contributed by atoms with Crippen LogP contribution in [0.5, 0.6) is 23.0 Å². The molecule has 0 aliphatic rings. The number of phenolic OH excluding ortho intramolecular Hbond substituents is 3. The van der Waals surface area contributed by atoms with E-state index in [4.69, 9.17) is 4.74 Å². The van der Waals surface area contributed by atoms with Crippen molar-refractivity contribution in [1.82, 2.24) is 0 Å². The highest BCUT2D eigenvalue weighted by Crippen LogP contribution is 2.42. The van der Waals surface area contributed by atoms with Crippen molar-refractivity contribution in [3.8, 4) is 23.0 Å². The summed E-state index contributed by atoms with van der Waals surface area (Å²) < 4.78 is 5.88. The zero-order valence-corrected chi connectivity index (χ0v) is 15.8. The fraction of sp³-hybridized carbons (Fsp3) is 0.381. The number of para-hydroxylation sites is 1. The number of hydrogen-bond donors (Lipinski definition) is 3. The van der Waals surface area contributed by atoms with Crippen LogP contribution in [0.15, 0.2) is 36.4 Å². The number of rotatable bonds is 5. The SMILES string of the molecule is CC(C)(C)CC(C)(C)Oc1ccc(C(=O)c2ccccc2O)c(O)c1O. The molecule has 0 radical (unpaired) electrons. The first-order valence-corrected chi connectivity index (χ1v) is 8.48. The number of carbonyl (C=O) groups is 1. The summed E-state index contributed by atoms with van der Waals surface area (Å²) in [4.78, 5) is 12.6. The molecule has 0 spiro atoms. The van der Waals surface area contributed by atoms with Crippen LogP contribution < -0.4 is 4.74 Å². The Morgan fingerprint density at radius 3 is 2.08 bits per heavy atom. The van der Waals surface area contributed by atoms with E-state index < -0.39 is 22.9 Å². The van der Waals surface area contributed by atoms with Crippen molar-refractivity contribution in [2.45, 2.75) is 46.6 Å². The Bertz CT molecular complexity index is 816. The number of hydrogen-bond acceptors (Lipinski definition) is 5. The fourth-order valence-electron chi connectivity index (χ4n) is 3.25. The third-order valence-corrected chi connectivity index (χ3v) is 3.85. The van der Waals surface area contributed by atoms with Gasteiger partial charge in [0.05, 0.1) is 11.1 Å². The minimum Gasteiger partial charge on any atom is -0.507 e. The molecule has 0 unspecified atom stereocenters. The Balaban J connectivity index is 2.34. The van der Waals surface area contributed by atoms with Gasteiger partial charge in [0.2, 0.25) is 11.5 Å².